The van der Waals surface area contributed by atoms with E-state index in [2.05, 4.69) is 11.1 Å². The van der Waals surface area contributed by atoms with Crippen LogP contribution in [0.1, 0.15) is 16.8 Å². The molecule has 0 saturated heterocycles. The lowest BCUT2D eigenvalue weighted by molar-refractivity contribution is 0.457. The molecule has 0 amide bonds. The Balaban J connectivity index is 2.08. The number of rotatable bonds is 3. The second kappa shape index (κ2) is 5.17. The molecule has 3 nitrogen and oxygen atoms in total. The van der Waals surface area contributed by atoms with Gasteiger partial charge in [0, 0.05) is 6.20 Å². The molecule has 0 atom stereocenters. The fraction of sp³-hybridized carbons (Fsp3) is 0.188. The van der Waals surface area contributed by atoms with Crippen LogP contribution in [0.5, 0.6) is 11.6 Å². The first-order chi connectivity index (χ1) is 9.69. The number of hydrogen-bond donors (Lipinski definition) is 0. The zero-order valence-corrected chi connectivity index (χ0v) is 12.2. The average molecular weight is 287 g/mol. The van der Waals surface area contributed by atoms with Gasteiger partial charge in [-0.1, -0.05) is 18.2 Å². The van der Waals surface area contributed by atoms with Gasteiger partial charge in [-0.25, -0.2) is 0 Å². The molecular formula is C16H15ClN2O. The fourth-order valence-corrected chi connectivity index (χ4v) is 2.39. The van der Waals surface area contributed by atoms with Crippen molar-refractivity contribution in [3.05, 3.63) is 59.4 Å². The van der Waals surface area contributed by atoms with Crippen molar-refractivity contribution in [2.45, 2.75) is 19.7 Å². The van der Waals surface area contributed by atoms with Crippen molar-refractivity contribution in [1.82, 2.24) is 9.38 Å². The molecule has 0 fully saturated rings. The van der Waals surface area contributed by atoms with Crippen molar-refractivity contribution in [3.63, 3.8) is 0 Å². The van der Waals surface area contributed by atoms with Crippen molar-refractivity contribution < 1.29 is 4.74 Å². The number of fused-ring (bicyclic) bond motifs is 1. The van der Waals surface area contributed by atoms with Crippen LogP contribution in [0.3, 0.4) is 0 Å². The number of alkyl halides is 1. The van der Waals surface area contributed by atoms with Crippen molar-refractivity contribution >= 4 is 17.2 Å². The van der Waals surface area contributed by atoms with E-state index < -0.39 is 0 Å². The third-order valence-electron chi connectivity index (χ3n) is 3.27. The molecule has 0 bridgehead atoms. The molecule has 102 valence electrons. The largest absolute Gasteiger partial charge is 0.437 e. The monoisotopic (exact) mass is 286 g/mol. The van der Waals surface area contributed by atoms with Crippen LogP contribution in [-0.2, 0) is 5.88 Å². The highest BCUT2D eigenvalue weighted by molar-refractivity contribution is 6.17. The molecule has 2 aromatic heterocycles. The Bertz CT molecular complexity index is 764. The number of imidazole rings is 1. The van der Waals surface area contributed by atoms with E-state index in [-0.39, 0.29) is 0 Å². The number of aryl methyl sites for hydroxylation is 2. The van der Waals surface area contributed by atoms with Gasteiger partial charge < -0.3 is 4.74 Å². The van der Waals surface area contributed by atoms with Crippen molar-refractivity contribution in [1.29, 1.82) is 0 Å². The molecule has 0 spiro atoms. The minimum atomic E-state index is 0.353. The summed E-state index contributed by atoms with van der Waals surface area (Å²) in [5, 5.41) is 0. The highest BCUT2D eigenvalue weighted by Crippen LogP contribution is 2.29. The van der Waals surface area contributed by atoms with Gasteiger partial charge in [-0.3, -0.25) is 4.40 Å². The van der Waals surface area contributed by atoms with E-state index in [0.29, 0.717) is 11.8 Å². The number of aromatic nitrogens is 2. The summed E-state index contributed by atoms with van der Waals surface area (Å²) < 4.78 is 7.93. The van der Waals surface area contributed by atoms with Gasteiger partial charge in [0.05, 0.1) is 5.88 Å². The summed E-state index contributed by atoms with van der Waals surface area (Å²) in [5.74, 6) is 1.74. The van der Waals surface area contributed by atoms with Crippen LogP contribution in [0.25, 0.3) is 5.65 Å². The first kappa shape index (κ1) is 13.0. The molecule has 3 rings (SSSR count). The Labute approximate surface area is 122 Å². The quantitative estimate of drug-likeness (QED) is 0.664. The van der Waals surface area contributed by atoms with Crippen molar-refractivity contribution in [2.75, 3.05) is 0 Å². The number of ether oxygens (including phenoxy) is 1. The lowest BCUT2D eigenvalue weighted by Crippen LogP contribution is -1.93. The van der Waals surface area contributed by atoms with Gasteiger partial charge in [-0.05, 0) is 43.2 Å². The lowest BCUT2D eigenvalue weighted by Gasteiger charge is -2.08. The Kier molecular flexibility index (Phi) is 3.36. The third-order valence-corrected chi connectivity index (χ3v) is 3.52. The van der Waals surface area contributed by atoms with Crippen LogP contribution >= 0.6 is 11.6 Å². The van der Waals surface area contributed by atoms with Gasteiger partial charge in [0.25, 0.3) is 0 Å². The van der Waals surface area contributed by atoms with E-state index in [1.54, 1.807) is 0 Å². The zero-order valence-electron chi connectivity index (χ0n) is 11.4. The van der Waals surface area contributed by atoms with Crippen LogP contribution in [-0.4, -0.2) is 9.38 Å². The highest BCUT2D eigenvalue weighted by Gasteiger charge is 2.14. The minimum Gasteiger partial charge on any atom is -0.437 e. The first-order valence-corrected chi connectivity index (χ1v) is 6.99. The Morgan fingerprint density at radius 3 is 2.85 bits per heavy atom. The van der Waals surface area contributed by atoms with Gasteiger partial charge >= 0.3 is 0 Å². The van der Waals surface area contributed by atoms with Crippen molar-refractivity contribution in [2.24, 2.45) is 0 Å². The van der Waals surface area contributed by atoms with E-state index in [9.17, 15) is 0 Å². The second-order valence-electron chi connectivity index (χ2n) is 4.80. The summed E-state index contributed by atoms with van der Waals surface area (Å²) >= 11 is 6.05. The fourth-order valence-electron chi connectivity index (χ4n) is 2.15. The van der Waals surface area contributed by atoms with E-state index in [4.69, 9.17) is 16.3 Å². The number of nitrogens with zero attached hydrogens (tertiary/aromatic N) is 2. The lowest BCUT2D eigenvalue weighted by atomic mass is 10.1. The van der Waals surface area contributed by atoms with Crippen LogP contribution in [0.2, 0.25) is 0 Å². The molecule has 0 radical (unpaired) electrons. The van der Waals surface area contributed by atoms with Crippen LogP contribution in [0.4, 0.5) is 0 Å². The predicted octanol–water partition coefficient (Wildman–Crippen LogP) is 4.48. The molecule has 3 aromatic rings. The summed E-state index contributed by atoms with van der Waals surface area (Å²) in [6, 6.07) is 12.0. The first-order valence-electron chi connectivity index (χ1n) is 6.46. The Hall–Kier alpha value is -2.00. The molecule has 0 aliphatic carbocycles. The maximum Gasteiger partial charge on any atom is 0.242 e. The van der Waals surface area contributed by atoms with Crippen LogP contribution in [0, 0.1) is 13.8 Å². The molecule has 4 heteroatoms. The van der Waals surface area contributed by atoms with Gasteiger partial charge in [-0.2, -0.15) is 4.98 Å². The smallest absolute Gasteiger partial charge is 0.242 e. The number of hydrogen-bond acceptors (Lipinski definition) is 2. The number of benzene rings is 1. The molecule has 0 unspecified atom stereocenters. The van der Waals surface area contributed by atoms with E-state index >= 15 is 0 Å². The third kappa shape index (κ3) is 2.25. The second-order valence-corrected chi connectivity index (χ2v) is 5.06. The zero-order chi connectivity index (χ0) is 14.1. The normalized spacial score (nSPS) is 10.9. The van der Waals surface area contributed by atoms with E-state index in [0.717, 1.165) is 28.2 Å². The summed E-state index contributed by atoms with van der Waals surface area (Å²) in [6.45, 7) is 4.06. The molecule has 0 aliphatic heterocycles. The topological polar surface area (TPSA) is 26.5 Å². The number of pyridine rings is 1. The molecule has 2 heterocycles. The maximum absolute atomic E-state index is 6.05. The molecule has 0 N–H and O–H groups in total. The van der Waals surface area contributed by atoms with Crippen LogP contribution < -0.4 is 4.74 Å². The summed E-state index contributed by atoms with van der Waals surface area (Å²) in [6.07, 6.45) is 1.94. The van der Waals surface area contributed by atoms with Crippen molar-refractivity contribution in [3.8, 4) is 11.6 Å². The maximum atomic E-state index is 6.05. The summed E-state index contributed by atoms with van der Waals surface area (Å²) in [4.78, 5) is 4.51. The van der Waals surface area contributed by atoms with Gasteiger partial charge in [-0.15, -0.1) is 11.6 Å². The average Bonchev–Trinajstić information content (AvgIpc) is 2.80. The SMILES string of the molecule is Cc1ccc(C)c(Oc2nc3ccccn3c2CCl)c1. The molecule has 0 saturated carbocycles. The van der Waals surface area contributed by atoms with Gasteiger partial charge in [0.15, 0.2) is 0 Å². The van der Waals surface area contributed by atoms with Crippen LogP contribution in [0.15, 0.2) is 42.6 Å². The molecule has 20 heavy (non-hydrogen) atoms. The highest BCUT2D eigenvalue weighted by atomic mass is 35.5. The van der Waals surface area contributed by atoms with E-state index in [1.807, 2.05) is 54.8 Å². The van der Waals surface area contributed by atoms with Gasteiger partial charge in [0.2, 0.25) is 5.88 Å². The van der Waals surface area contributed by atoms with Gasteiger partial charge in [0.1, 0.15) is 17.1 Å². The summed E-state index contributed by atoms with van der Waals surface area (Å²) in [7, 11) is 0. The minimum absolute atomic E-state index is 0.353. The molecule has 1 aromatic carbocycles. The number of halogens is 1. The molecular weight excluding hydrogens is 272 g/mol. The Morgan fingerprint density at radius 1 is 1.20 bits per heavy atom. The summed E-state index contributed by atoms with van der Waals surface area (Å²) in [5.41, 5.74) is 3.93. The predicted molar refractivity (Wildman–Crippen MR) is 80.7 cm³/mol. The molecule has 0 aliphatic rings. The standard InChI is InChI=1S/C16H15ClN2O/c1-11-6-7-12(2)14(9-11)20-16-13(10-17)19-8-4-3-5-15(19)18-16/h3-9H,10H2,1-2H3. The van der Waals surface area contributed by atoms with E-state index in [1.165, 1.54) is 0 Å². The Morgan fingerprint density at radius 2 is 2.05 bits per heavy atom.